The quantitative estimate of drug-likeness (QED) is 0.905. The molecule has 0 spiro atoms. The van der Waals surface area contributed by atoms with Crippen LogP contribution in [0, 0.1) is 6.92 Å². The van der Waals surface area contributed by atoms with Crippen LogP contribution >= 0.6 is 0 Å². The van der Waals surface area contributed by atoms with Crippen molar-refractivity contribution in [3.63, 3.8) is 0 Å². The van der Waals surface area contributed by atoms with Crippen LogP contribution in [0.3, 0.4) is 0 Å². The number of hydrogen-bond donors (Lipinski definition) is 1. The van der Waals surface area contributed by atoms with Gasteiger partial charge in [-0.05, 0) is 25.3 Å². The highest BCUT2D eigenvalue weighted by molar-refractivity contribution is 7.88. The standard InChI is InChI=1S/C13H17NO4S/c1-10-4-6-11(7-5-10)9-19(17,18)14-8-2-3-12(14)13(15)16/h4-7,12H,2-3,8-9H2,1H3,(H,15,16)/t12-/m0/s1. The molecule has 1 saturated heterocycles. The number of sulfonamides is 1. The van der Waals surface area contributed by atoms with Crippen molar-refractivity contribution < 1.29 is 18.3 Å². The third-order valence-electron chi connectivity index (χ3n) is 3.32. The summed E-state index contributed by atoms with van der Waals surface area (Å²) in [5.41, 5.74) is 1.74. The highest BCUT2D eigenvalue weighted by atomic mass is 32.2. The largest absolute Gasteiger partial charge is 0.480 e. The van der Waals surface area contributed by atoms with Gasteiger partial charge in [0.1, 0.15) is 6.04 Å². The summed E-state index contributed by atoms with van der Waals surface area (Å²) in [5.74, 6) is -1.21. The number of carbonyl (C=O) groups is 1. The summed E-state index contributed by atoms with van der Waals surface area (Å²) in [6.07, 6.45) is 0.993. The van der Waals surface area contributed by atoms with E-state index in [0.717, 1.165) is 9.87 Å². The Morgan fingerprint density at radius 3 is 2.58 bits per heavy atom. The average Bonchev–Trinajstić information content (AvgIpc) is 2.82. The molecule has 2 rings (SSSR count). The Bertz CT molecular complexity index is 565. The molecule has 19 heavy (non-hydrogen) atoms. The number of carboxylic acid groups (broad SMARTS) is 1. The predicted octanol–water partition coefficient (Wildman–Crippen LogP) is 1.37. The van der Waals surface area contributed by atoms with Gasteiger partial charge in [-0.3, -0.25) is 4.79 Å². The summed E-state index contributed by atoms with van der Waals surface area (Å²) in [5, 5.41) is 9.04. The van der Waals surface area contributed by atoms with Crippen molar-refractivity contribution in [1.82, 2.24) is 4.31 Å². The van der Waals surface area contributed by atoms with Gasteiger partial charge in [0.15, 0.2) is 0 Å². The molecule has 1 aromatic carbocycles. The number of benzene rings is 1. The lowest BCUT2D eigenvalue weighted by Crippen LogP contribution is -2.40. The minimum Gasteiger partial charge on any atom is -0.480 e. The van der Waals surface area contributed by atoms with E-state index in [1.807, 2.05) is 19.1 Å². The molecule has 5 nitrogen and oxygen atoms in total. The molecule has 0 aromatic heterocycles. The van der Waals surface area contributed by atoms with Crippen molar-refractivity contribution in [1.29, 1.82) is 0 Å². The maximum absolute atomic E-state index is 12.3. The van der Waals surface area contributed by atoms with Gasteiger partial charge in [0, 0.05) is 6.54 Å². The molecule has 0 unspecified atom stereocenters. The normalized spacial score (nSPS) is 20.6. The Morgan fingerprint density at radius 2 is 2.00 bits per heavy atom. The lowest BCUT2D eigenvalue weighted by Gasteiger charge is -2.20. The second-order valence-electron chi connectivity index (χ2n) is 4.85. The highest BCUT2D eigenvalue weighted by Gasteiger charge is 2.38. The summed E-state index contributed by atoms with van der Waals surface area (Å²) in [4.78, 5) is 11.0. The lowest BCUT2D eigenvalue weighted by atomic mass is 10.2. The van der Waals surface area contributed by atoms with E-state index in [-0.39, 0.29) is 5.75 Å². The van der Waals surface area contributed by atoms with Crippen molar-refractivity contribution >= 4 is 16.0 Å². The summed E-state index contributed by atoms with van der Waals surface area (Å²) in [7, 11) is -3.57. The number of aliphatic carboxylic acids is 1. The summed E-state index contributed by atoms with van der Waals surface area (Å²) >= 11 is 0. The van der Waals surface area contributed by atoms with E-state index < -0.39 is 22.0 Å². The van der Waals surface area contributed by atoms with E-state index in [0.29, 0.717) is 24.9 Å². The number of hydrogen-bond acceptors (Lipinski definition) is 3. The van der Waals surface area contributed by atoms with Crippen LogP contribution in [0.1, 0.15) is 24.0 Å². The molecule has 1 fully saturated rings. The monoisotopic (exact) mass is 283 g/mol. The molecule has 0 saturated carbocycles. The molecule has 1 heterocycles. The van der Waals surface area contributed by atoms with E-state index in [2.05, 4.69) is 0 Å². The average molecular weight is 283 g/mol. The van der Waals surface area contributed by atoms with E-state index in [9.17, 15) is 13.2 Å². The summed E-state index contributed by atoms with van der Waals surface area (Å²) < 4.78 is 25.6. The summed E-state index contributed by atoms with van der Waals surface area (Å²) in [6.45, 7) is 2.23. The van der Waals surface area contributed by atoms with E-state index in [4.69, 9.17) is 5.11 Å². The van der Waals surface area contributed by atoms with Gasteiger partial charge >= 0.3 is 5.97 Å². The SMILES string of the molecule is Cc1ccc(CS(=O)(=O)N2CCC[C@H]2C(=O)O)cc1. The van der Waals surface area contributed by atoms with Crippen molar-refractivity contribution in [2.24, 2.45) is 0 Å². The lowest BCUT2D eigenvalue weighted by molar-refractivity contribution is -0.140. The molecule has 1 N–H and O–H groups in total. The van der Waals surface area contributed by atoms with Crippen LogP contribution in [0.25, 0.3) is 0 Å². The molecule has 0 aliphatic carbocycles. The molecule has 0 bridgehead atoms. The maximum Gasteiger partial charge on any atom is 0.322 e. The number of rotatable bonds is 4. The van der Waals surface area contributed by atoms with Gasteiger partial charge in [0.05, 0.1) is 5.75 Å². The smallest absolute Gasteiger partial charge is 0.322 e. The minimum absolute atomic E-state index is 0.142. The minimum atomic E-state index is -3.57. The van der Waals surface area contributed by atoms with Gasteiger partial charge in [-0.1, -0.05) is 29.8 Å². The van der Waals surface area contributed by atoms with Gasteiger partial charge in [-0.25, -0.2) is 8.42 Å². The van der Waals surface area contributed by atoms with Gasteiger partial charge < -0.3 is 5.11 Å². The van der Waals surface area contributed by atoms with Crippen LogP contribution in [0.4, 0.5) is 0 Å². The Kier molecular flexibility index (Phi) is 3.91. The Hall–Kier alpha value is -1.40. The molecule has 1 atom stereocenters. The zero-order valence-electron chi connectivity index (χ0n) is 10.7. The van der Waals surface area contributed by atoms with Crippen molar-refractivity contribution in [2.45, 2.75) is 31.6 Å². The first kappa shape index (κ1) is 14.0. The summed E-state index contributed by atoms with van der Waals surface area (Å²) in [6, 6.07) is 6.32. The molecule has 6 heteroatoms. The van der Waals surface area contributed by atoms with Gasteiger partial charge in [0.2, 0.25) is 10.0 Å². The molecule has 104 valence electrons. The number of nitrogens with zero attached hydrogens (tertiary/aromatic N) is 1. The number of carboxylic acids is 1. The Balaban J connectivity index is 2.18. The predicted molar refractivity (Wildman–Crippen MR) is 71.2 cm³/mol. The van der Waals surface area contributed by atoms with E-state index in [1.165, 1.54) is 0 Å². The molecule has 1 aliphatic rings. The highest BCUT2D eigenvalue weighted by Crippen LogP contribution is 2.23. The van der Waals surface area contributed by atoms with Crippen LogP contribution in [-0.2, 0) is 20.6 Å². The second-order valence-corrected chi connectivity index (χ2v) is 6.77. The first-order chi connectivity index (χ1) is 8.90. The third kappa shape index (κ3) is 3.13. The van der Waals surface area contributed by atoms with Gasteiger partial charge in [0.25, 0.3) is 0 Å². The van der Waals surface area contributed by atoms with E-state index >= 15 is 0 Å². The fourth-order valence-corrected chi connectivity index (χ4v) is 4.07. The fraction of sp³-hybridized carbons (Fsp3) is 0.462. The molecule has 1 aromatic rings. The molecular weight excluding hydrogens is 266 g/mol. The van der Waals surface area contributed by atoms with E-state index in [1.54, 1.807) is 12.1 Å². The molecule has 0 amide bonds. The van der Waals surface area contributed by atoms with Crippen LogP contribution in [0.5, 0.6) is 0 Å². The maximum atomic E-state index is 12.3. The third-order valence-corrected chi connectivity index (χ3v) is 5.17. The first-order valence-electron chi connectivity index (χ1n) is 6.18. The first-order valence-corrected chi connectivity index (χ1v) is 7.79. The van der Waals surface area contributed by atoms with Crippen LogP contribution in [-0.4, -0.2) is 36.4 Å². The molecular formula is C13H17NO4S. The van der Waals surface area contributed by atoms with Gasteiger partial charge in [-0.15, -0.1) is 0 Å². The topological polar surface area (TPSA) is 74.7 Å². The second kappa shape index (κ2) is 5.30. The zero-order chi connectivity index (χ0) is 14.0. The van der Waals surface area contributed by atoms with Crippen LogP contribution < -0.4 is 0 Å². The molecule has 1 aliphatic heterocycles. The number of aryl methyl sites for hydroxylation is 1. The van der Waals surface area contributed by atoms with Gasteiger partial charge in [-0.2, -0.15) is 4.31 Å². The Morgan fingerprint density at radius 1 is 1.37 bits per heavy atom. The van der Waals surface area contributed by atoms with Crippen molar-refractivity contribution in [3.05, 3.63) is 35.4 Å². The van der Waals surface area contributed by atoms with Crippen LogP contribution in [0.15, 0.2) is 24.3 Å². The zero-order valence-corrected chi connectivity index (χ0v) is 11.6. The molecule has 0 radical (unpaired) electrons. The Labute approximate surface area is 112 Å². The van der Waals surface area contributed by atoms with Crippen LogP contribution in [0.2, 0.25) is 0 Å². The van der Waals surface area contributed by atoms with Crippen molar-refractivity contribution in [2.75, 3.05) is 6.54 Å². The van der Waals surface area contributed by atoms with Crippen molar-refractivity contribution in [3.8, 4) is 0 Å². The fourth-order valence-electron chi connectivity index (χ4n) is 2.30.